The zero-order valence-corrected chi connectivity index (χ0v) is 19.2. The third-order valence-electron chi connectivity index (χ3n) is 6.52. The molecular weight excluding hydrogens is 461 g/mol. The molecule has 2 aromatic heterocycles. The van der Waals surface area contributed by atoms with Crippen LogP contribution in [0.4, 0.5) is 15.1 Å². The van der Waals surface area contributed by atoms with Crippen LogP contribution < -0.4 is 10.9 Å². The number of hydrogen-bond acceptors (Lipinski definition) is 5. The van der Waals surface area contributed by atoms with Crippen LogP contribution >= 0.6 is 0 Å². The summed E-state index contributed by atoms with van der Waals surface area (Å²) in [6, 6.07) is 17.6. The fourth-order valence-electron chi connectivity index (χ4n) is 4.41. The van der Waals surface area contributed by atoms with E-state index < -0.39 is 6.09 Å². The number of carbonyl (C=O) groups excluding carboxylic acids is 1. The lowest BCUT2D eigenvalue weighted by molar-refractivity contribution is 0.0623. The number of imidazole rings is 1. The molecule has 1 aliphatic carbocycles. The molecule has 1 fully saturated rings. The second-order valence-electron chi connectivity index (χ2n) is 8.94. The van der Waals surface area contributed by atoms with Gasteiger partial charge in [-0.15, -0.1) is 0 Å². The van der Waals surface area contributed by atoms with Crippen molar-refractivity contribution in [3.8, 4) is 11.1 Å². The Labute approximate surface area is 204 Å². The van der Waals surface area contributed by atoms with Crippen molar-refractivity contribution >= 4 is 33.8 Å². The van der Waals surface area contributed by atoms with Crippen molar-refractivity contribution in [2.75, 3.05) is 5.32 Å². The molecule has 0 aliphatic heterocycles. The molecule has 0 atom stereocenters. The Bertz CT molecular complexity index is 1670. The van der Waals surface area contributed by atoms with Gasteiger partial charge >= 0.3 is 6.09 Å². The number of benzene rings is 3. The number of anilines is 1. The average molecular weight is 484 g/mol. The van der Waals surface area contributed by atoms with Gasteiger partial charge in [-0.25, -0.2) is 19.3 Å². The van der Waals surface area contributed by atoms with Crippen molar-refractivity contribution in [2.45, 2.75) is 31.8 Å². The number of fused-ring (bicyclic) bond motifs is 2. The lowest BCUT2D eigenvalue weighted by Gasteiger charge is -2.24. The quantitative estimate of drug-likeness (QED) is 0.314. The number of H-pyrrole nitrogens is 2. The third kappa shape index (κ3) is 4.19. The zero-order valence-electron chi connectivity index (χ0n) is 19.2. The Balaban J connectivity index is 1.28. The molecule has 36 heavy (non-hydrogen) atoms. The standard InChI is InChI=1S/C27H22FN5O3/c28-21-10-8-15(13-23-18-6-1-2-7-19(18)25(34)33-32-23)12-20(21)16-9-11-22-24(14-16)30-26(29-22)31-27(35)36-17-4-3-5-17/h1-2,6-12,14,17H,3-5,13H2,(H,33,34)(H2,29,30,31,35). The molecule has 0 spiro atoms. The molecule has 1 aliphatic rings. The summed E-state index contributed by atoms with van der Waals surface area (Å²) in [7, 11) is 0. The summed E-state index contributed by atoms with van der Waals surface area (Å²) in [6.45, 7) is 0. The molecule has 8 nitrogen and oxygen atoms in total. The molecule has 3 N–H and O–H groups in total. The van der Waals surface area contributed by atoms with Crippen LogP contribution in [0, 0.1) is 5.82 Å². The van der Waals surface area contributed by atoms with E-state index in [0.29, 0.717) is 39.7 Å². The van der Waals surface area contributed by atoms with E-state index in [-0.39, 0.29) is 23.4 Å². The minimum atomic E-state index is -0.541. The monoisotopic (exact) mass is 483 g/mol. The maximum Gasteiger partial charge on any atom is 0.414 e. The van der Waals surface area contributed by atoms with Crippen molar-refractivity contribution in [1.29, 1.82) is 0 Å². The number of carbonyl (C=O) groups is 1. The highest BCUT2D eigenvalue weighted by Crippen LogP contribution is 2.29. The Kier molecular flexibility index (Phi) is 5.44. The number of halogens is 1. The molecule has 1 saturated carbocycles. The van der Waals surface area contributed by atoms with E-state index in [1.807, 2.05) is 12.1 Å². The normalized spacial score (nSPS) is 13.6. The molecule has 0 bridgehead atoms. The third-order valence-corrected chi connectivity index (χ3v) is 6.52. The van der Waals surface area contributed by atoms with E-state index in [1.54, 1.807) is 42.5 Å². The largest absolute Gasteiger partial charge is 0.446 e. The Hall–Kier alpha value is -4.53. The number of amides is 1. The van der Waals surface area contributed by atoms with Crippen LogP contribution in [-0.4, -0.2) is 32.4 Å². The minimum absolute atomic E-state index is 0.0273. The van der Waals surface area contributed by atoms with Gasteiger partial charge in [0.2, 0.25) is 5.95 Å². The maximum absolute atomic E-state index is 14.9. The van der Waals surface area contributed by atoms with E-state index in [2.05, 4.69) is 25.5 Å². The van der Waals surface area contributed by atoms with Gasteiger partial charge in [0.1, 0.15) is 11.9 Å². The van der Waals surface area contributed by atoms with Crippen molar-refractivity contribution in [2.24, 2.45) is 0 Å². The summed E-state index contributed by atoms with van der Waals surface area (Å²) >= 11 is 0. The molecule has 2 heterocycles. The van der Waals surface area contributed by atoms with E-state index >= 15 is 0 Å². The average Bonchev–Trinajstić information content (AvgIpc) is 3.26. The first-order valence-corrected chi connectivity index (χ1v) is 11.8. The van der Waals surface area contributed by atoms with Crippen molar-refractivity contribution in [3.05, 3.63) is 88.1 Å². The number of nitrogens with zero attached hydrogens (tertiary/aromatic N) is 2. The second kappa shape index (κ2) is 8.92. The van der Waals surface area contributed by atoms with Gasteiger partial charge in [-0.05, 0) is 60.7 Å². The number of rotatable bonds is 5. The second-order valence-corrected chi connectivity index (χ2v) is 8.94. The van der Waals surface area contributed by atoms with Crippen LogP contribution in [0.5, 0.6) is 0 Å². The summed E-state index contributed by atoms with van der Waals surface area (Å²) in [4.78, 5) is 31.6. The first-order valence-electron chi connectivity index (χ1n) is 11.8. The van der Waals surface area contributed by atoms with Crippen LogP contribution in [0.3, 0.4) is 0 Å². The Morgan fingerprint density at radius 2 is 1.92 bits per heavy atom. The smallest absolute Gasteiger partial charge is 0.414 e. The number of aromatic nitrogens is 4. The van der Waals surface area contributed by atoms with Crippen molar-refractivity contribution in [3.63, 3.8) is 0 Å². The highest BCUT2D eigenvalue weighted by Gasteiger charge is 2.22. The molecule has 0 unspecified atom stereocenters. The van der Waals surface area contributed by atoms with Gasteiger partial charge in [-0.2, -0.15) is 5.10 Å². The highest BCUT2D eigenvalue weighted by atomic mass is 19.1. The molecule has 180 valence electrons. The van der Waals surface area contributed by atoms with E-state index in [1.165, 1.54) is 6.07 Å². The number of hydrogen-bond donors (Lipinski definition) is 3. The van der Waals surface area contributed by atoms with Crippen LogP contribution in [0.2, 0.25) is 0 Å². The lowest BCUT2D eigenvalue weighted by Crippen LogP contribution is -2.28. The fourth-order valence-corrected chi connectivity index (χ4v) is 4.41. The van der Waals surface area contributed by atoms with Crippen LogP contribution in [0.25, 0.3) is 32.9 Å². The van der Waals surface area contributed by atoms with Crippen LogP contribution in [-0.2, 0) is 11.2 Å². The van der Waals surface area contributed by atoms with E-state index in [9.17, 15) is 14.0 Å². The van der Waals surface area contributed by atoms with Crippen LogP contribution in [0.15, 0.2) is 65.5 Å². The fraction of sp³-hybridized carbons (Fsp3) is 0.185. The summed E-state index contributed by atoms with van der Waals surface area (Å²) in [5.74, 6) is -0.0870. The minimum Gasteiger partial charge on any atom is -0.446 e. The van der Waals surface area contributed by atoms with Gasteiger partial charge in [0.15, 0.2) is 0 Å². The van der Waals surface area contributed by atoms with Gasteiger partial charge in [0.05, 0.1) is 22.1 Å². The predicted octanol–water partition coefficient (Wildman–Crippen LogP) is 5.30. The highest BCUT2D eigenvalue weighted by molar-refractivity contribution is 5.88. The summed E-state index contributed by atoms with van der Waals surface area (Å²) in [5, 5.41) is 10.7. The van der Waals surface area contributed by atoms with Crippen molar-refractivity contribution in [1.82, 2.24) is 20.2 Å². The lowest BCUT2D eigenvalue weighted by atomic mass is 9.96. The summed E-state index contributed by atoms with van der Waals surface area (Å²) in [5.41, 5.74) is 3.69. The first-order chi connectivity index (χ1) is 17.5. The molecule has 5 aromatic rings. The van der Waals surface area contributed by atoms with Gasteiger partial charge in [0.25, 0.3) is 5.56 Å². The SMILES string of the molecule is O=C(Nc1nc2ccc(-c3cc(Cc4n[nH]c(=O)c5ccccc45)ccc3F)cc2[nH]1)OC1CCC1. The zero-order chi connectivity index (χ0) is 24.6. The first kappa shape index (κ1) is 22.0. The predicted molar refractivity (Wildman–Crippen MR) is 134 cm³/mol. The van der Waals surface area contributed by atoms with Crippen LogP contribution in [0.1, 0.15) is 30.5 Å². The van der Waals surface area contributed by atoms with Gasteiger partial charge < -0.3 is 9.72 Å². The van der Waals surface area contributed by atoms with Gasteiger partial charge in [-0.1, -0.05) is 30.3 Å². The Morgan fingerprint density at radius 1 is 1.08 bits per heavy atom. The number of aromatic amines is 2. The van der Waals surface area contributed by atoms with Gasteiger partial charge in [-0.3, -0.25) is 10.1 Å². The van der Waals surface area contributed by atoms with Gasteiger partial charge in [0, 0.05) is 17.4 Å². The van der Waals surface area contributed by atoms with Crippen molar-refractivity contribution < 1.29 is 13.9 Å². The molecule has 0 saturated heterocycles. The maximum atomic E-state index is 14.9. The molecule has 9 heteroatoms. The Morgan fingerprint density at radius 3 is 2.72 bits per heavy atom. The number of ether oxygens (including phenoxy) is 1. The van der Waals surface area contributed by atoms with E-state index in [4.69, 9.17) is 4.74 Å². The summed E-state index contributed by atoms with van der Waals surface area (Å²) < 4.78 is 20.2. The topological polar surface area (TPSA) is 113 Å². The molecule has 6 rings (SSSR count). The number of nitrogens with one attached hydrogen (secondary N) is 3. The molecule has 0 radical (unpaired) electrons. The van der Waals surface area contributed by atoms with E-state index in [0.717, 1.165) is 30.2 Å². The molecular formula is C27H22FN5O3. The summed E-state index contributed by atoms with van der Waals surface area (Å²) in [6.07, 6.45) is 2.70. The molecule has 3 aromatic carbocycles. The molecule has 1 amide bonds.